The molecule has 1 fully saturated rings. The summed E-state index contributed by atoms with van der Waals surface area (Å²) < 4.78 is 1.79. The van der Waals surface area contributed by atoms with Gasteiger partial charge in [0.25, 0.3) is 5.91 Å². The van der Waals surface area contributed by atoms with Gasteiger partial charge in [0.2, 0.25) is 0 Å². The maximum absolute atomic E-state index is 12.6. The zero-order chi connectivity index (χ0) is 20.2. The van der Waals surface area contributed by atoms with E-state index in [9.17, 15) is 4.79 Å². The van der Waals surface area contributed by atoms with E-state index in [-0.39, 0.29) is 5.91 Å². The normalized spacial score (nSPS) is 14.1. The number of halogens is 1. The van der Waals surface area contributed by atoms with E-state index in [4.69, 9.17) is 11.6 Å². The summed E-state index contributed by atoms with van der Waals surface area (Å²) in [6.45, 7) is 2.20. The summed E-state index contributed by atoms with van der Waals surface area (Å²) in [5.41, 5.74) is 3.84. The van der Waals surface area contributed by atoms with E-state index in [0.29, 0.717) is 22.9 Å². The Hall–Kier alpha value is -2.86. The fourth-order valence-electron chi connectivity index (χ4n) is 3.58. The monoisotopic (exact) mass is 409 g/mol. The molecular formula is C22H24ClN5O. The van der Waals surface area contributed by atoms with Crippen LogP contribution in [0, 0.1) is 0 Å². The van der Waals surface area contributed by atoms with Crippen LogP contribution in [-0.2, 0) is 13.6 Å². The molecule has 150 valence electrons. The number of pyridine rings is 1. The third kappa shape index (κ3) is 4.59. The van der Waals surface area contributed by atoms with E-state index in [1.807, 2.05) is 30.4 Å². The molecular weight excluding hydrogens is 386 g/mol. The summed E-state index contributed by atoms with van der Waals surface area (Å²) in [6, 6.07) is 9.96. The second-order valence-electron chi connectivity index (χ2n) is 7.36. The molecule has 6 nitrogen and oxygen atoms in total. The van der Waals surface area contributed by atoms with Gasteiger partial charge in [0.15, 0.2) is 0 Å². The van der Waals surface area contributed by atoms with Gasteiger partial charge in [-0.15, -0.1) is 0 Å². The van der Waals surface area contributed by atoms with Gasteiger partial charge >= 0.3 is 0 Å². The number of benzene rings is 1. The lowest BCUT2D eigenvalue weighted by atomic mass is 10.1. The first-order valence-electron chi connectivity index (χ1n) is 9.87. The van der Waals surface area contributed by atoms with Crippen molar-refractivity contribution in [2.75, 3.05) is 18.4 Å². The number of carbonyl (C=O) groups is 1. The molecule has 1 amide bonds. The summed E-state index contributed by atoms with van der Waals surface area (Å²) in [5, 5.41) is 7.95. The molecule has 0 atom stereocenters. The average Bonchev–Trinajstić information content (AvgIpc) is 3.19. The van der Waals surface area contributed by atoms with Crippen LogP contribution >= 0.6 is 11.6 Å². The molecule has 0 unspecified atom stereocenters. The summed E-state index contributed by atoms with van der Waals surface area (Å²) >= 11 is 6.40. The van der Waals surface area contributed by atoms with Crippen molar-refractivity contribution in [3.05, 3.63) is 65.1 Å². The molecule has 1 N–H and O–H groups in total. The first-order valence-corrected chi connectivity index (χ1v) is 10.2. The molecule has 4 rings (SSSR count). The molecule has 0 saturated carbocycles. The number of aryl methyl sites for hydroxylation is 1. The van der Waals surface area contributed by atoms with Gasteiger partial charge in [-0.2, -0.15) is 5.10 Å². The standard InChI is InChI=1S/C22H24ClN5O/c1-27-15-19(14-26-27)17-7-5-6-16(10-17)12-24-21-20(23)11-18(13-25-21)22(29)28-8-3-2-4-9-28/h5-7,10-11,13-15H,2-4,8-9,12H2,1H3,(H,24,25). The van der Waals surface area contributed by atoms with Crippen LogP contribution in [0.5, 0.6) is 0 Å². The zero-order valence-corrected chi connectivity index (χ0v) is 17.2. The van der Waals surface area contributed by atoms with E-state index in [0.717, 1.165) is 42.6 Å². The Morgan fingerprint density at radius 1 is 1.14 bits per heavy atom. The molecule has 0 bridgehead atoms. The smallest absolute Gasteiger partial charge is 0.255 e. The summed E-state index contributed by atoms with van der Waals surface area (Å²) in [7, 11) is 1.91. The number of anilines is 1. The Morgan fingerprint density at radius 3 is 2.69 bits per heavy atom. The van der Waals surface area contributed by atoms with Gasteiger partial charge in [0, 0.05) is 44.6 Å². The van der Waals surface area contributed by atoms with E-state index in [1.165, 1.54) is 6.42 Å². The van der Waals surface area contributed by atoms with Crippen LogP contribution in [-0.4, -0.2) is 38.7 Å². The van der Waals surface area contributed by atoms with Crippen LogP contribution in [0.3, 0.4) is 0 Å². The second-order valence-corrected chi connectivity index (χ2v) is 7.77. The molecule has 7 heteroatoms. The Labute approximate surface area is 175 Å². The SMILES string of the molecule is Cn1cc(-c2cccc(CNc3ncc(C(=O)N4CCCCC4)cc3Cl)c2)cn1. The van der Waals surface area contributed by atoms with E-state index in [2.05, 4.69) is 33.6 Å². The highest BCUT2D eigenvalue weighted by Crippen LogP contribution is 2.24. The van der Waals surface area contributed by atoms with Gasteiger partial charge in [0.05, 0.1) is 16.8 Å². The summed E-state index contributed by atoms with van der Waals surface area (Å²) in [5.74, 6) is 0.587. The van der Waals surface area contributed by atoms with Crippen molar-refractivity contribution in [3.63, 3.8) is 0 Å². The predicted octanol–water partition coefficient (Wildman–Crippen LogP) is 4.37. The number of nitrogens with one attached hydrogen (secondary N) is 1. The molecule has 1 aliphatic rings. The van der Waals surface area contributed by atoms with Crippen molar-refractivity contribution >= 4 is 23.3 Å². The van der Waals surface area contributed by atoms with E-state index < -0.39 is 0 Å². The van der Waals surface area contributed by atoms with E-state index in [1.54, 1.807) is 16.9 Å². The number of nitrogens with zero attached hydrogens (tertiary/aromatic N) is 4. The van der Waals surface area contributed by atoms with Crippen LogP contribution in [0.1, 0.15) is 35.2 Å². The third-order valence-electron chi connectivity index (χ3n) is 5.16. The number of hydrogen-bond acceptors (Lipinski definition) is 4. The Morgan fingerprint density at radius 2 is 1.97 bits per heavy atom. The summed E-state index contributed by atoms with van der Waals surface area (Å²) in [4.78, 5) is 18.9. The van der Waals surface area contributed by atoms with Crippen molar-refractivity contribution < 1.29 is 4.79 Å². The quantitative estimate of drug-likeness (QED) is 0.679. The minimum atomic E-state index is 0.00909. The predicted molar refractivity (Wildman–Crippen MR) is 115 cm³/mol. The Kier molecular flexibility index (Phi) is 5.81. The Balaban J connectivity index is 1.43. The number of amides is 1. The highest BCUT2D eigenvalue weighted by atomic mass is 35.5. The zero-order valence-electron chi connectivity index (χ0n) is 16.4. The fraction of sp³-hybridized carbons (Fsp3) is 0.318. The maximum Gasteiger partial charge on any atom is 0.255 e. The van der Waals surface area contributed by atoms with Crippen molar-refractivity contribution in [2.24, 2.45) is 7.05 Å². The Bertz CT molecular complexity index is 1010. The van der Waals surface area contributed by atoms with Crippen molar-refractivity contribution in [1.29, 1.82) is 0 Å². The molecule has 0 radical (unpaired) electrons. The van der Waals surface area contributed by atoms with Crippen molar-refractivity contribution in [2.45, 2.75) is 25.8 Å². The molecule has 1 saturated heterocycles. The minimum Gasteiger partial charge on any atom is -0.365 e. The van der Waals surface area contributed by atoms with Gasteiger partial charge in [0.1, 0.15) is 5.82 Å². The largest absolute Gasteiger partial charge is 0.365 e. The topological polar surface area (TPSA) is 63.1 Å². The van der Waals surface area contributed by atoms with Crippen LogP contribution in [0.15, 0.2) is 48.9 Å². The lowest BCUT2D eigenvalue weighted by Crippen LogP contribution is -2.35. The molecule has 29 heavy (non-hydrogen) atoms. The molecule has 2 aromatic heterocycles. The van der Waals surface area contributed by atoms with Gasteiger partial charge in [-0.05, 0) is 42.5 Å². The minimum absolute atomic E-state index is 0.00909. The van der Waals surface area contributed by atoms with Crippen LogP contribution in [0.4, 0.5) is 5.82 Å². The third-order valence-corrected chi connectivity index (χ3v) is 5.44. The number of likely N-dealkylation sites (tertiary alicyclic amines) is 1. The van der Waals surface area contributed by atoms with Gasteiger partial charge in [-0.3, -0.25) is 9.48 Å². The maximum atomic E-state index is 12.6. The fourth-order valence-corrected chi connectivity index (χ4v) is 3.81. The van der Waals surface area contributed by atoms with Crippen molar-refractivity contribution in [1.82, 2.24) is 19.7 Å². The number of piperidine rings is 1. The molecule has 0 aliphatic carbocycles. The molecule has 1 aromatic carbocycles. The first kappa shape index (κ1) is 19.5. The van der Waals surface area contributed by atoms with Crippen LogP contribution in [0.25, 0.3) is 11.1 Å². The summed E-state index contributed by atoms with van der Waals surface area (Å²) in [6.07, 6.45) is 8.76. The second kappa shape index (κ2) is 8.66. The molecule has 3 heterocycles. The van der Waals surface area contributed by atoms with Crippen molar-refractivity contribution in [3.8, 4) is 11.1 Å². The molecule has 0 spiro atoms. The number of aromatic nitrogens is 3. The number of rotatable bonds is 5. The van der Waals surface area contributed by atoms with Gasteiger partial charge in [-0.25, -0.2) is 4.98 Å². The van der Waals surface area contributed by atoms with Gasteiger partial charge in [-0.1, -0.05) is 29.8 Å². The number of hydrogen-bond donors (Lipinski definition) is 1. The van der Waals surface area contributed by atoms with Gasteiger partial charge < -0.3 is 10.2 Å². The lowest BCUT2D eigenvalue weighted by molar-refractivity contribution is 0.0724. The highest BCUT2D eigenvalue weighted by molar-refractivity contribution is 6.33. The lowest BCUT2D eigenvalue weighted by Gasteiger charge is -2.26. The number of carbonyl (C=O) groups excluding carboxylic acids is 1. The van der Waals surface area contributed by atoms with E-state index >= 15 is 0 Å². The molecule has 1 aliphatic heterocycles. The highest BCUT2D eigenvalue weighted by Gasteiger charge is 2.19. The van der Waals surface area contributed by atoms with Crippen LogP contribution in [0.2, 0.25) is 5.02 Å². The first-order chi connectivity index (χ1) is 14.1. The van der Waals surface area contributed by atoms with Crippen LogP contribution < -0.4 is 5.32 Å². The molecule has 3 aromatic rings. The average molecular weight is 410 g/mol.